The SMILES string of the molecule is Cc1noc(C)c1-c1ccc2nc(C(=O)NC3CCC3)nc(NCc3cccc(Cl)c3)c2c1. The monoisotopic (exact) mass is 461 g/mol. The zero-order valence-corrected chi connectivity index (χ0v) is 19.2. The Morgan fingerprint density at radius 3 is 2.70 bits per heavy atom. The average Bonchev–Trinajstić information content (AvgIpc) is 3.12. The van der Waals surface area contributed by atoms with Gasteiger partial charge in [0.25, 0.3) is 5.91 Å². The second-order valence-electron chi connectivity index (χ2n) is 8.41. The summed E-state index contributed by atoms with van der Waals surface area (Å²) in [4.78, 5) is 22.0. The van der Waals surface area contributed by atoms with E-state index in [9.17, 15) is 4.79 Å². The lowest BCUT2D eigenvalue weighted by Gasteiger charge is -2.26. The molecule has 168 valence electrons. The van der Waals surface area contributed by atoms with Gasteiger partial charge < -0.3 is 15.2 Å². The molecule has 5 rings (SSSR count). The van der Waals surface area contributed by atoms with Crippen molar-refractivity contribution in [3.8, 4) is 11.1 Å². The van der Waals surface area contributed by atoms with Crippen LogP contribution in [0.4, 0.5) is 5.82 Å². The number of carbonyl (C=O) groups is 1. The van der Waals surface area contributed by atoms with Crippen molar-refractivity contribution in [2.75, 3.05) is 5.32 Å². The van der Waals surface area contributed by atoms with Crippen molar-refractivity contribution in [1.29, 1.82) is 0 Å². The molecular formula is C25H24ClN5O2. The maximum absolute atomic E-state index is 12.8. The molecule has 2 aromatic heterocycles. The molecule has 8 heteroatoms. The zero-order valence-electron chi connectivity index (χ0n) is 18.5. The number of carbonyl (C=O) groups excluding carboxylic acids is 1. The van der Waals surface area contributed by atoms with E-state index in [0.29, 0.717) is 22.9 Å². The number of aryl methyl sites for hydroxylation is 2. The first-order valence-electron chi connectivity index (χ1n) is 11.0. The molecule has 33 heavy (non-hydrogen) atoms. The third-order valence-electron chi connectivity index (χ3n) is 6.01. The molecule has 2 heterocycles. The van der Waals surface area contributed by atoms with Gasteiger partial charge in [0.05, 0.1) is 11.2 Å². The first-order chi connectivity index (χ1) is 16.0. The highest BCUT2D eigenvalue weighted by molar-refractivity contribution is 6.30. The Morgan fingerprint density at radius 1 is 1.15 bits per heavy atom. The topological polar surface area (TPSA) is 92.9 Å². The summed E-state index contributed by atoms with van der Waals surface area (Å²) in [5, 5.41) is 12.0. The first-order valence-corrected chi connectivity index (χ1v) is 11.4. The van der Waals surface area contributed by atoms with Crippen LogP contribution in [-0.2, 0) is 6.54 Å². The summed E-state index contributed by atoms with van der Waals surface area (Å²) in [5.41, 5.74) is 4.42. The largest absolute Gasteiger partial charge is 0.365 e. The smallest absolute Gasteiger partial charge is 0.289 e. The van der Waals surface area contributed by atoms with Gasteiger partial charge in [-0.05, 0) is 68.5 Å². The van der Waals surface area contributed by atoms with Crippen LogP contribution in [0.25, 0.3) is 22.0 Å². The van der Waals surface area contributed by atoms with Gasteiger partial charge in [0, 0.05) is 28.6 Å². The number of rotatable bonds is 6. The van der Waals surface area contributed by atoms with Crippen LogP contribution in [0.15, 0.2) is 47.0 Å². The second-order valence-corrected chi connectivity index (χ2v) is 8.85. The van der Waals surface area contributed by atoms with E-state index in [1.165, 1.54) is 0 Å². The number of benzene rings is 2. The average molecular weight is 462 g/mol. The predicted molar refractivity (Wildman–Crippen MR) is 128 cm³/mol. The third kappa shape index (κ3) is 4.41. The van der Waals surface area contributed by atoms with Crippen LogP contribution in [0.2, 0.25) is 5.02 Å². The lowest BCUT2D eigenvalue weighted by atomic mass is 9.93. The van der Waals surface area contributed by atoms with Crippen molar-refractivity contribution in [1.82, 2.24) is 20.4 Å². The van der Waals surface area contributed by atoms with Crippen LogP contribution in [-0.4, -0.2) is 27.1 Å². The molecule has 1 fully saturated rings. The number of fused-ring (bicyclic) bond motifs is 1. The van der Waals surface area contributed by atoms with E-state index in [-0.39, 0.29) is 17.8 Å². The zero-order chi connectivity index (χ0) is 22.9. The Morgan fingerprint density at radius 2 is 2.00 bits per heavy atom. The van der Waals surface area contributed by atoms with Gasteiger partial charge in [0.2, 0.25) is 5.82 Å². The fourth-order valence-corrected chi connectivity index (χ4v) is 4.26. The minimum atomic E-state index is -0.248. The van der Waals surface area contributed by atoms with E-state index < -0.39 is 0 Å². The van der Waals surface area contributed by atoms with E-state index in [1.807, 2.05) is 56.3 Å². The molecule has 0 saturated heterocycles. The summed E-state index contributed by atoms with van der Waals surface area (Å²) >= 11 is 6.14. The Kier molecular flexibility index (Phi) is 5.72. The summed E-state index contributed by atoms with van der Waals surface area (Å²) in [6, 6.07) is 13.7. The summed E-state index contributed by atoms with van der Waals surface area (Å²) in [5.74, 6) is 1.25. The van der Waals surface area contributed by atoms with Crippen molar-refractivity contribution in [2.45, 2.75) is 45.7 Å². The fourth-order valence-electron chi connectivity index (χ4n) is 4.05. The maximum Gasteiger partial charge on any atom is 0.289 e. The number of nitrogens with one attached hydrogen (secondary N) is 2. The molecule has 2 aromatic carbocycles. The highest BCUT2D eigenvalue weighted by Crippen LogP contribution is 2.32. The van der Waals surface area contributed by atoms with Crippen molar-refractivity contribution in [3.63, 3.8) is 0 Å². The normalized spacial score (nSPS) is 13.7. The molecule has 0 unspecified atom stereocenters. The molecule has 0 atom stereocenters. The van der Waals surface area contributed by atoms with Gasteiger partial charge in [-0.1, -0.05) is 35.0 Å². The molecule has 0 bridgehead atoms. The van der Waals surface area contributed by atoms with Gasteiger partial charge >= 0.3 is 0 Å². The van der Waals surface area contributed by atoms with Crippen molar-refractivity contribution in [2.24, 2.45) is 0 Å². The van der Waals surface area contributed by atoms with E-state index in [0.717, 1.165) is 52.8 Å². The summed E-state index contributed by atoms with van der Waals surface area (Å²) in [7, 11) is 0. The quantitative estimate of drug-likeness (QED) is 0.396. The molecule has 0 spiro atoms. The summed E-state index contributed by atoms with van der Waals surface area (Å²) < 4.78 is 5.35. The number of aromatic nitrogens is 3. The molecule has 0 aliphatic heterocycles. The maximum atomic E-state index is 12.8. The van der Waals surface area contributed by atoms with Gasteiger partial charge in [-0.25, -0.2) is 9.97 Å². The highest BCUT2D eigenvalue weighted by Gasteiger charge is 2.23. The molecule has 1 amide bonds. The van der Waals surface area contributed by atoms with Gasteiger partial charge in [-0.2, -0.15) is 0 Å². The Hall–Kier alpha value is -3.45. The van der Waals surface area contributed by atoms with Crippen LogP contribution in [0.1, 0.15) is 46.9 Å². The lowest BCUT2D eigenvalue weighted by molar-refractivity contribution is 0.0907. The number of hydrogen-bond donors (Lipinski definition) is 2. The van der Waals surface area contributed by atoms with E-state index in [2.05, 4.69) is 25.8 Å². The number of amides is 1. The van der Waals surface area contributed by atoms with Gasteiger partial charge in [-0.3, -0.25) is 4.79 Å². The first kappa shape index (κ1) is 21.4. The number of anilines is 1. The number of halogens is 1. The van der Waals surface area contributed by atoms with Crippen molar-refractivity contribution < 1.29 is 9.32 Å². The summed E-state index contributed by atoms with van der Waals surface area (Å²) in [6.07, 6.45) is 3.14. The van der Waals surface area contributed by atoms with Crippen LogP contribution in [0.5, 0.6) is 0 Å². The Labute approximate surface area is 196 Å². The molecule has 7 nitrogen and oxygen atoms in total. The van der Waals surface area contributed by atoms with Gasteiger partial charge in [0.1, 0.15) is 11.6 Å². The van der Waals surface area contributed by atoms with Gasteiger partial charge in [0.15, 0.2) is 0 Å². The van der Waals surface area contributed by atoms with E-state index >= 15 is 0 Å². The van der Waals surface area contributed by atoms with Crippen molar-refractivity contribution >= 4 is 34.2 Å². The van der Waals surface area contributed by atoms with Crippen LogP contribution in [0, 0.1) is 13.8 Å². The summed E-state index contributed by atoms with van der Waals surface area (Å²) in [6.45, 7) is 4.31. The molecular weight excluding hydrogens is 438 g/mol. The standard InChI is InChI=1S/C25H24ClN5O2/c1-14-22(15(2)33-31-14)17-9-10-21-20(12-17)23(27-13-16-5-3-6-18(26)11-16)30-24(29-21)25(32)28-19-7-4-8-19/h3,5-6,9-12,19H,4,7-8,13H2,1-2H3,(H,28,32)(H,27,29,30). The predicted octanol–water partition coefficient (Wildman–Crippen LogP) is 5.45. The van der Waals surface area contributed by atoms with E-state index in [1.54, 1.807) is 0 Å². The minimum Gasteiger partial charge on any atom is -0.365 e. The van der Waals surface area contributed by atoms with Crippen LogP contribution in [0.3, 0.4) is 0 Å². The molecule has 1 saturated carbocycles. The molecule has 0 radical (unpaired) electrons. The molecule has 4 aromatic rings. The van der Waals surface area contributed by atoms with Crippen molar-refractivity contribution in [3.05, 3.63) is 70.3 Å². The minimum absolute atomic E-state index is 0.160. The van der Waals surface area contributed by atoms with Crippen LogP contribution >= 0.6 is 11.6 Å². The highest BCUT2D eigenvalue weighted by atomic mass is 35.5. The molecule has 1 aliphatic rings. The number of nitrogens with zero attached hydrogens (tertiary/aromatic N) is 3. The molecule has 2 N–H and O–H groups in total. The third-order valence-corrected chi connectivity index (χ3v) is 6.25. The second kappa shape index (κ2) is 8.83. The Balaban J connectivity index is 1.55. The number of hydrogen-bond acceptors (Lipinski definition) is 6. The van der Waals surface area contributed by atoms with Crippen LogP contribution < -0.4 is 10.6 Å². The molecule has 1 aliphatic carbocycles. The Bertz CT molecular complexity index is 1330. The fraction of sp³-hybridized carbons (Fsp3) is 0.280. The lowest BCUT2D eigenvalue weighted by Crippen LogP contribution is -2.40. The van der Waals surface area contributed by atoms with E-state index in [4.69, 9.17) is 16.1 Å². The van der Waals surface area contributed by atoms with Gasteiger partial charge in [-0.15, -0.1) is 0 Å².